The lowest BCUT2D eigenvalue weighted by Gasteiger charge is -2.17. The minimum atomic E-state index is -0.631. The topological polar surface area (TPSA) is 38.7 Å². The van der Waals surface area contributed by atoms with Gasteiger partial charge in [-0.2, -0.15) is 0 Å². The van der Waals surface area contributed by atoms with E-state index < -0.39 is 6.10 Å². The number of aliphatic hydroxyl groups is 1. The highest BCUT2D eigenvalue weighted by Gasteiger charge is 2.12. The molecule has 0 saturated carbocycles. The normalized spacial score (nSPS) is 12.5. The van der Waals surface area contributed by atoms with Gasteiger partial charge in [-0.15, -0.1) is 0 Å². The van der Waals surface area contributed by atoms with Gasteiger partial charge in [-0.3, -0.25) is 0 Å². The Morgan fingerprint density at radius 3 is 2.45 bits per heavy atom. The van der Waals surface area contributed by atoms with Crippen LogP contribution in [0.25, 0.3) is 21.5 Å². The zero-order chi connectivity index (χ0) is 20.5. The van der Waals surface area contributed by atoms with Gasteiger partial charge in [0.05, 0.1) is 6.61 Å². The number of hydrogen-bond acceptors (Lipinski definition) is 3. The lowest BCUT2D eigenvalue weighted by atomic mass is 9.99. The van der Waals surface area contributed by atoms with E-state index in [0.29, 0.717) is 13.2 Å². The third-order valence-electron chi connectivity index (χ3n) is 5.41. The summed E-state index contributed by atoms with van der Waals surface area (Å²) in [4.78, 5) is 0. The average molecular weight is 395 g/mol. The Morgan fingerprint density at radius 1 is 0.828 bits per heavy atom. The summed E-state index contributed by atoms with van der Waals surface area (Å²) in [6.07, 6.45) is 6.41. The number of fused-ring (bicyclic) bond motifs is 2. The summed E-state index contributed by atoms with van der Waals surface area (Å²) in [5.74, 6) is 0.854. The van der Waals surface area contributed by atoms with Gasteiger partial charge >= 0.3 is 0 Å². The molecule has 0 aliphatic rings. The summed E-state index contributed by atoms with van der Waals surface area (Å²) in [7, 11) is 0. The van der Waals surface area contributed by atoms with Gasteiger partial charge < -0.3 is 14.6 Å². The Morgan fingerprint density at radius 2 is 1.62 bits per heavy atom. The second-order valence-corrected chi connectivity index (χ2v) is 7.79. The van der Waals surface area contributed by atoms with Crippen molar-refractivity contribution in [2.75, 3.05) is 19.8 Å². The van der Waals surface area contributed by atoms with E-state index in [9.17, 15) is 5.11 Å². The van der Waals surface area contributed by atoms with E-state index in [-0.39, 0.29) is 6.61 Å². The van der Waals surface area contributed by atoms with Gasteiger partial charge in [0.15, 0.2) is 0 Å². The van der Waals surface area contributed by atoms with Crippen LogP contribution in [0.5, 0.6) is 5.75 Å². The fraction of sp³-hybridized carbons (Fsp3) is 0.462. The van der Waals surface area contributed by atoms with Crippen molar-refractivity contribution >= 4 is 21.5 Å². The van der Waals surface area contributed by atoms with Gasteiger partial charge in [0.1, 0.15) is 18.5 Å². The Hall–Kier alpha value is -2.10. The SMILES string of the molecule is CCCCCCCOCC(O)COc1c2ccccc2cc2ccc(CC)cc12. The number of benzene rings is 3. The van der Waals surface area contributed by atoms with Crippen LogP contribution in [0, 0.1) is 0 Å². The summed E-state index contributed by atoms with van der Waals surface area (Å²) >= 11 is 0. The van der Waals surface area contributed by atoms with Gasteiger partial charge in [-0.1, -0.05) is 75.9 Å². The number of rotatable bonds is 12. The van der Waals surface area contributed by atoms with Crippen LogP contribution in [0.2, 0.25) is 0 Å². The van der Waals surface area contributed by atoms with Crippen LogP contribution in [0.3, 0.4) is 0 Å². The highest BCUT2D eigenvalue weighted by molar-refractivity contribution is 6.05. The van der Waals surface area contributed by atoms with Crippen LogP contribution in [0.1, 0.15) is 51.5 Å². The van der Waals surface area contributed by atoms with Crippen molar-refractivity contribution in [2.45, 2.75) is 58.5 Å². The number of aliphatic hydroxyl groups excluding tert-OH is 1. The van der Waals surface area contributed by atoms with E-state index in [0.717, 1.165) is 40.1 Å². The largest absolute Gasteiger partial charge is 0.489 e. The zero-order valence-corrected chi connectivity index (χ0v) is 17.8. The molecule has 0 heterocycles. The minimum Gasteiger partial charge on any atom is -0.489 e. The zero-order valence-electron chi connectivity index (χ0n) is 17.8. The Kier molecular flexibility index (Phi) is 8.33. The third kappa shape index (κ3) is 5.94. The molecule has 0 bridgehead atoms. The van der Waals surface area contributed by atoms with Crippen LogP contribution >= 0.6 is 0 Å². The highest BCUT2D eigenvalue weighted by Crippen LogP contribution is 2.35. The van der Waals surface area contributed by atoms with Gasteiger partial charge in [0.25, 0.3) is 0 Å². The standard InChI is InChI=1S/C26H34O3/c1-3-5-6-7-10-15-28-18-23(27)19-29-26-24-12-9-8-11-21(24)17-22-14-13-20(4-2)16-25(22)26/h8-9,11-14,16-17,23,27H,3-7,10,15,18-19H2,1-2H3. The van der Waals surface area contributed by atoms with Gasteiger partial charge in [-0.05, 0) is 41.3 Å². The number of unbranched alkanes of at least 4 members (excludes halogenated alkanes) is 4. The summed E-state index contributed by atoms with van der Waals surface area (Å²) in [5, 5.41) is 14.8. The van der Waals surface area contributed by atoms with Crippen LogP contribution in [0.15, 0.2) is 48.5 Å². The molecule has 0 aliphatic carbocycles. The quantitative estimate of drug-likeness (QED) is 0.290. The molecule has 0 aromatic heterocycles. The molecular weight excluding hydrogens is 360 g/mol. The predicted octanol–water partition coefficient (Wildman–Crippen LogP) is 6.28. The summed E-state index contributed by atoms with van der Waals surface area (Å²) in [6, 6.07) is 17.0. The van der Waals surface area contributed by atoms with Crippen molar-refractivity contribution in [3.05, 3.63) is 54.1 Å². The number of hydrogen-bond donors (Lipinski definition) is 1. The average Bonchev–Trinajstić information content (AvgIpc) is 2.75. The molecule has 1 atom stereocenters. The summed E-state index contributed by atoms with van der Waals surface area (Å²) < 4.78 is 11.8. The molecule has 0 radical (unpaired) electrons. The first-order valence-electron chi connectivity index (χ1n) is 11.1. The molecule has 3 heteroatoms. The first kappa shape index (κ1) is 21.6. The van der Waals surface area contributed by atoms with Gasteiger partial charge in [-0.25, -0.2) is 0 Å². The van der Waals surface area contributed by atoms with Crippen molar-refractivity contribution in [3.8, 4) is 5.75 Å². The van der Waals surface area contributed by atoms with E-state index in [1.165, 1.54) is 31.2 Å². The molecule has 3 rings (SSSR count). The maximum Gasteiger partial charge on any atom is 0.135 e. The molecular formula is C26H34O3. The van der Waals surface area contributed by atoms with Gasteiger partial charge in [0, 0.05) is 17.4 Å². The summed E-state index contributed by atoms with van der Waals surface area (Å²) in [5.41, 5.74) is 1.28. The van der Waals surface area contributed by atoms with Crippen molar-refractivity contribution < 1.29 is 14.6 Å². The summed E-state index contributed by atoms with van der Waals surface area (Å²) in [6.45, 7) is 5.63. The Balaban J connectivity index is 1.65. The van der Waals surface area contributed by atoms with Crippen molar-refractivity contribution in [2.24, 2.45) is 0 Å². The van der Waals surface area contributed by atoms with Crippen LogP contribution in [-0.2, 0) is 11.2 Å². The first-order chi connectivity index (χ1) is 14.2. The molecule has 0 amide bonds. The van der Waals surface area contributed by atoms with Crippen LogP contribution in [0.4, 0.5) is 0 Å². The molecule has 0 aliphatic heterocycles. The lowest BCUT2D eigenvalue weighted by Crippen LogP contribution is -2.23. The second-order valence-electron chi connectivity index (χ2n) is 7.79. The fourth-order valence-corrected chi connectivity index (χ4v) is 3.70. The molecule has 3 nitrogen and oxygen atoms in total. The van der Waals surface area contributed by atoms with Crippen LogP contribution < -0.4 is 4.74 Å². The fourth-order valence-electron chi connectivity index (χ4n) is 3.70. The molecule has 0 saturated heterocycles. The van der Waals surface area contributed by atoms with E-state index >= 15 is 0 Å². The maximum absolute atomic E-state index is 10.3. The molecule has 1 unspecified atom stereocenters. The molecule has 0 spiro atoms. The van der Waals surface area contributed by atoms with E-state index in [1.807, 2.05) is 12.1 Å². The minimum absolute atomic E-state index is 0.231. The molecule has 0 fully saturated rings. The molecule has 3 aromatic carbocycles. The third-order valence-corrected chi connectivity index (χ3v) is 5.41. The maximum atomic E-state index is 10.3. The monoisotopic (exact) mass is 394 g/mol. The Bertz CT molecular complexity index is 903. The smallest absolute Gasteiger partial charge is 0.135 e. The molecule has 3 aromatic rings. The molecule has 156 valence electrons. The molecule has 1 N–H and O–H groups in total. The van der Waals surface area contributed by atoms with E-state index in [2.05, 4.69) is 50.2 Å². The highest BCUT2D eigenvalue weighted by atomic mass is 16.5. The van der Waals surface area contributed by atoms with Gasteiger partial charge in [0.2, 0.25) is 0 Å². The van der Waals surface area contributed by atoms with E-state index in [1.54, 1.807) is 0 Å². The molecule has 29 heavy (non-hydrogen) atoms. The van der Waals surface area contributed by atoms with Crippen LogP contribution in [-0.4, -0.2) is 31.0 Å². The van der Waals surface area contributed by atoms with Crippen molar-refractivity contribution in [1.82, 2.24) is 0 Å². The lowest BCUT2D eigenvalue weighted by molar-refractivity contribution is 0.0115. The van der Waals surface area contributed by atoms with Crippen molar-refractivity contribution in [3.63, 3.8) is 0 Å². The van der Waals surface area contributed by atoms with Crippen molar-refractivity contribution in [1.29, 1.82) is 0 Å². The number of ether oxygens (including phenoxy) is 2. The number of aryl methyl sites for hydroxylation is 1. The Labute approximate surface area is 174 Å². The van der Waals surface area contributed by atoms with E-state index in [4.69, 9.17) is 9.47 Å². The predicted molar refractivity (Wildman–Crippen MR) is 122 cm³/mol. The second kappa shape index (κ2) is 11.2. The first-order valence-corrected chi connectivity index (χ1v) is 11.1.